The fourth-order valence-corrected chi connectivity index (χ4v) is 0.439. The van der Waals surface area contributed by atoms with Crippen LogP contribution in [0.3, 0.4) is 0 Å². The minimum atomic E-state index is -1.49. The average molecular weight is 146 g/mol. The van der Waals surface area contributed by atoms with E-state index in [1.54, 1.807) is 6.92 Å². The van der Waals surface area contributed by atoms with Crippen LogP contribution in [0, 0.1) is 5.92 Å². The van der Waals surface area contributed by atoms with Crippen LogP contribution in [0.1, 0.15) is 20.3 Å². The summed E-state index contributed by atoms with van der Waals surface area (Å²) in [7, 11) is 0. The van der Waals surface area contributed by atoms with E-state index >= 15 is 0 Å². The highest BCUT2D eigenvalue weighted by Gasteiger charge is 2.05. The number of halogens is 1. The molecule has 10 heavy (non-hydrogen) atoms. The summed E-state index contributed by atoms with van der Waals surface area (Å²) in [6, 6.07) is 0. The first-order valence-corrected chi connectivity index (χ1v) is 3.18. The fourth-order valence-electron chi connectivity index (χ4n) is 0.439. The van der Waals surface area contributed by atoms with E-state index in [9.17, 15) is 9.18 Å². The molecule has 58 valence electrons. The first-order chi connectivity index (χ1) is 4.57. The molecule has 0 aromatic heterocycles. The zero-order valence-electron chi connectivity index (χ0n) is 6.10. The fraction of sp³-hybridized carbons (Fsp3) is 0.571. The molecule has 0 saturated carbocycles. The summed E-state index contributed by atoms with van der Waals surface area (Å²) in [4.78, 5) is 9.91. The maximum atomic E-state index is 12.2. The zero-order chi connectivity index (χ0) is 8.15. The van der Waals surface area contributed by atoms with Crippen LogP contribution in [0.4, 0.5) is 4.39 Å². The molecule has 0 heterocycles. The first kappa shape index (κ1) is 9.14. The minimum Gasteiger partial charge on any atom is -0.476 e. The second-order valence-electron chi connectivity index (χ2n) is 2.21. The Bertz CT molecular complexity index is 152. The number of carbonyl (C=O) groups is 1. The SMILES string of the molecule is CCC(C)C=C(F)C(=O)O. The predicted molar refractivity (Wildman–Crippen MR) is 36.3 cm³/mol. The molecule has 0 radical (unpaired) electrons. The lowest BCUT2D eigenvalue weighted by Crippen LogP contribution is -1.97. The maximum absolute atomic E-state index is 12.2. The molecule has 2 nitrogen and oxygen atoms in total. The predicted octanol–water partition coefficient (Wildman–Crippen LogP) is 1.97. The van der Waals surface area contributed by atoms with Crippen molar-refractivity contribution in [2.24, 2.45) is 5.92 Å². The van der Waals surface area contributed by atoms with E-state index < -0.39 is 11.8 Å². The lowest BCUT2D eigenvalue weighted by atomic mass is 10.1. The number of allylic oxidation sites excluding steroid dienone is 1. The molecule has 0 bridgehead atoms. The Labute approximate surface area is 59.4 Å². The topological polar surface area (TPSA) is 37.3 Å². The number of hydrogen-bond acceptors (Lipinski definition) is 1. The van der Waals surface area contributed by atoms with Crippen molar-refractivity contribution < 1.29 is 14.3 Å². The molecule has 0 amide bonds. The van der Waals surface area contributed by atoms with Crippen LogP contribution in [-0.2, 0) is 4.79 Å². The lowest BCUT2D eigenvalue weighted by molar-refractivity contribution is -0.134. The molecule has 0 rings (SSSR count). The second kappa shape index (κ2) is 4.04. The molecule has 0 aliphatic rings. The van der Waals surface area contributed by atoms with Crippen molar-refractivity contribution in [3.63, 3.8) is 0 Å². The highest BCUT2D eigenvalue weighted by atomic mass is 19.1. The van der Waals surface area contributed by atoms with E-state index in [1.165, 1.54) is 0 Å². The van der Waals surface area contributed by atoms with Crippen molar-refractivity contribution >= 4 is 5.97 Å². The van der Waals surface area contributed by atoms with Crippen LogP contribution in [0.25, 0.3) is 0 Å². The van der Waals surface area contributed by atoms with Gasteiger partial charge in [-0.2, -0.15) is 4.39 Å². The lowest BCUT2D eigenvalue weighted by Gasteiger charge is -1.98. The Morgan fingerprint density at radius 1 is 1.80 bits per heavy atom. The van der Waals surface area contributed by atoms with Crippen molar-refractivity contribution in [1.82, 2.24) is 0 Å². The van der Waals surface area contributed by atoms with Crippen molar-refractivity contribution in [3.8, 4) is 0 Å². The van der Waals surface area contributed by atoms with E-state index in [4.69, 9.17) is 5.11 Å². The van der Waals surface area contributed by atoms with Crippen LogP contribution >= 0.6 is 0 Å². The highest BCUT2D eigenvalue weighted by molar-refractivity contribution is 5.83. The summed E-state index contributed by atoms with van der Waals surface area (Å²) in [6.45, 7) is 3.64. The van der Waals surface area contributed by atoms with Gasteiger partial charge >= 0.3 is 5.97 Å². The molecule has 0 aromatic rings. The Kier molecular flexibility index (Phi) is 3.69. The van der Waals surface area contributed by atoms with E-state index in [-0.39, 0.29) is 5.92 Å². The molecule has 0 aliphatic heterocycles. The minimum absolute atomic E-state index is 0.00361. The Morgan fingerprint density at radius 3 is 2.60 bits per heavy atom. The summed E-state index contributed by atoms with van der Waals surface area (Å²) >= 11 is 0. The maximum Gasteiger partial charge on any atom is 0.364 e. The smallest absolute Gasteiger partial charge is 0.364 e. The molecule has 1 atom stereocenters. The van der Waals surface area contributed by atoms with Crippen LogP contribution in [0.15, 0.2) is 11.9 Å². The van der Waals surface area contributed by atoms with Crippen LogP contribution < -0.4 is 0 Å². The molecule has 0 spiro atoms. The van der Waals surface area contributed by atoms with E-state index in [2.05, 4.69) is 0 Å². The summed E-state index contributed by atoms with van der Waals surface area (Å²) in [5.41, 5.74) is 0. The molecule has 0 aliphatic carbocycles. The van der Waals surface area contributed by atoms with Gasteiger partial charge in [-0.15, -0.1) is 0 Å². The number of hydrogen-bond donors (Lipinski definition) is 1. The summed E-state index contributed by atoms with van der Waals surface area (Å²) < 4.78 is 12.2. The van der Waals surface area contributed by atoms with E-state index in [1.807, 2.05) is 6.92 Å². The van der Waals surface area contributed by atoms with Gasteiger partial charge in [-0.3, -0.25) is 0 Å². The van der Waals surface area contributed by atoms with E-state index in [0.29, 0.717) is 0 Å². The third-order valence-corrected chi connectivity index (χ3v) is 1.28. The van der Waals surface area contributed by atoms with Crippen molar-refractivity contribution in [2.75, 3.05) is 0 Å². The highest BCUT2D eigenvalue weighted by Crippen LogP contribution is 2.07. The van der Waals surface area contributed by atoms with Gasteiger partial charge in [-0.25, -0.2) is 4.79 Å². The van der Waals surface area contributed by atoms with Gasteiger partial charge in [-0.05, 0) is 18.4 Å². The van der Waals surface area contributed by atoms with Gasteiger partial charge in [0, 0.05) is 0 Å². The quantitative estimate of drug-likeness (QED) is 0.618. The third kappa shape index (κ3) is 3.22. The normalized spacial score (nSPS) is 14.9. The van der Waals surface area contributed by atoms with Gasteiger partial charge in [0.15, 0.2) is 0 Å². The zero-order valence-corrected chi connectivity index (χ0v) is 6.10. The molecule has 0 fully saturated rings. The number of carboxylic acids is 1. The van der Waals surface area contributed by atoms with Crippen molar-refractivity contribution in [3.05, 3.63) is 11.9 Å². The van der Waals surface area contributed by atoms with Gasteiger partial charge in [0.1, 0.15) is 0 Å². The second-order valence-corrected chi connectivity index (χ2v) is 2.21. The van der Waals surface area contributed by atoms with Gasteiger partial charge in [0.05, 0.1) is 0 Å². The standard InChI is InChI=1S/C7H11FO2/c1-3-5(2)4-6(8)7(9)10/h4-5H,3H2,1-2H3,(H,9,10). The average Bonchev–Trinajstić information content (AvgIpc) is 1.87. The molecule has 1 unspecified atom stereocenters. The summed E-state index contributed by atoms with van der Waals surface area (Å²) in [5, 5.41) is 8.08. The molecule has 0 aromatic carbocycles. The van der Waals surface area contributed by atoms with Crippen LogP contribution in [-0.4, -0.2) is 11.1 Å². The van der Waals surface area contributed by atoms with Gasteiger partial charge in [0.2, 0.25) is 5.83 Å². The Hall–Kier alpha value is -0.860. The first-order valence-electron chi connectivity index (χ1n) is 3.18. The van der Waals surface area contributed by atoms with Crippen LogP contribution in [0.5, 0.6) is 0 Å². The monoisotopic (exact) mass is 146 g/mol. The molecular weight excluding hydrogens is 135 g/mol. The number of aliphatic carboxylic acids is 1. The largest absolute Gasteiger partial charge is 0.476 e. The Morgan fingerprint density at radius 2 is 2.30 bits per heavy atom. The summed E-state index contributed by atoms with van der Waals surface area (Å²) in [6.07, 6.45) is 1.86. The van der Waals surface area contributed by atoms with E-state index in [0.717, 1.165) is 12.5 Å². The van der Waals surface area contributed by atoms with Gasteiger partial charge in [-0.1, -0.05) is 13.8 Å². The van der Waals surface area contributed by atoms with Crippen LogP contribution in [0.2, 0.25) is 0 Å². The molecule has 3 heteroatoms. The molecule has 1 N–H and O–H groups in total. The third-order valence-electron chi connectivity index (χ3n) is 1.28. The van der Waals surface area contributed by atoms with Crippen molar-refractivity contribution in [1.29, 1.82) is 0 Å². The number of carboxylic acid groups (broad SMARTS) is 1. The summed E-state index contributed by atoms with van der Waals surface area (Å²) in [5.74, 6) is -2.55. The molecular formula is C7H11FO2. The van der Waals surface area contributed by atoms with Gasteiger partial charge < -0.3 is 5.11 Å². The Balaban J connectivity index is 4.02. The van der Waals surface area contributed by atoms with Crippen molar-refractivity contribution in [2.45, 2.75) is 20.3 Å². The number of rotatable bonds is 3. The molecule has 0 saturated heterocycles. The van der Waals surface area contributed by atoms with Gasteiger partial charge in [0.25, 0.3) is 0 Å².